The lowest BCUT2D eigenvalue weighted by Gasteiger charge is -2.08. The molecule has 1 aliphatic carbocycles. The Morgan fingerprint density at radius 1 is 0.857 bits per heavy atom. The Kier molecular flexibility index (Phi) is 11.7. The number of benzene rings is 1. The van der Waals surface area contributed by atoms with E-state index in [4.69, 9.17) is 9.47 Å². The minimum absolute atomic E-state index is 0.0392. The second-order valence-corrected chi connectivity index (χ2v) is 7.85. The summed E-state index contributed by atoms with van der Waals surface area (Å²) in [6.07, 6.45) is 18.7. The van der Waals surface area contributed by atoms with Crippen LogP contribution in [0.3, 0.4) is 0 Å². The average molecular weight is 387 g/mol. The third kappa shape index (κ3) is 9.05. The summed E-state index contributed by atoms with van der Waals surface area (Å²) in [7, 11) is 0. The molecule has 0 atom stereocenters. The number of hydrogen-bond donors (Lipinski definition) is 0. The number of esters is 1. The predicted molar refractivity (Wildman–Crippen MR) is 116 cm³/mol. The van der Waals surface area contributed by atoms with Gasteiger partial charge in [-0.2, -0.15) is 0 Å². The second kappa shape index (κ2) is 14.4. The van der Waals surface area contributed by atoms with Gasteiger partial charge < -0.3 is 9.47 Å². The van der Waals surface area contributed by atoms with E-state index in [1.807, 2.05) is 24.3 Å². The molecule has 0 saturated heterocycles. The van der Waals surface area contributed by atoms with Gasteiger partial charge >= 0.3 is 5.97 Å². The molecule has 0 saturated carbocycles. The fourth-order valence-corrected chi connectivity index (χ4v) is 3.70. The van der Waals surface area contributed by atoms with Crippen molar-refractivity contribution in [2.45, 2.75) is 90.4 Å². The molecular formula is C25H38O3. The van der Waals surface area contributed by atoms with Crippen LogP contribution in [-0.4, -0.2) is 19.2 Å². The Balaban J connectivity index is 1.38. The van der Waals surface area contributed by atoms with Crippen molar-refractivity contribution < 1.29 is 14.3 Å². The average Bonchev–Trinajstić information content (AvgIpc) is 3.11. The number of unbranched alkanes of at least 4 members (excludes halogenated alkanes) is 11. The van der Waals surface area contributed by atoms with Gasteiger partial charge in [0.05, 0.1) is 0 Å². The molecule has 0 aliphatic heterocycles. The molecule has 156 valence electrons. The molecule has 0 bridgehead atoms. The van der Waals surface area contributed by atoms with Crippen LogP contribution < -0.4 is 0 Å². The van der Waals surface area contributed by atoms with E-state index in [1.54, 1.807) is 0 Å². The monoisotopic (exact) mass is 386 g/mol. The Morgan fingerprint density at radius 2 is 1.46 bits per heavy atom. The molecule has 2 rings (SSSR count). The van der Waals surface area contributed by atoms with Gasteiger partial charge in [0.2, 0.25) is 0 Å². The summed E-state index contributed by atoms with van der Waals surface area (Å²) < 4.78 is 10.9. The number of carbonyl (C=O) groups excluding carboxylic acids is 1. The zero-order chi connectivity index (χ0) is 19.9. The van der Waals surface area contributed by atoms with Crippen LogP contribution in [-0.2, 0) is 20.7 Å². The van der Waals surface area contributed by atoms with Gasteiger partial charge in [0, 0.05) is 12.2 Å². The molecule has 0 heterocycles. The maximum atomic E-state index is 11.9. The van der Waals surface area contributed by atoms with Crippen LogP contribution in [0.1, 0.15) is 95.1 Å². The fraction of sp³-hybridized carbons (Fsp3) is 0.640. The zero-order valence-corrected chi connectivity index (χ0v) is 17.7. The summed E-state index contributed by atoms with van der Waals surface area (Å²) >= 11 is 0. The molecule has 1 aromatic rings. The lowest BCUT2D eigenvalue weighted by atomic mass is 10.1. The molecule has 0 aromatic heterocycles. The highest BCUT2D eigenvalue weighted by Gasteiger charge is 2.17. The van der Waals surface area contributed by atoms with Crippen molar-refractivity contribution >= 4 is 11.7 Å². The molecule has 3 nitrogen and oxygen atoms in total. The standard InChI is InChI=1S/C25H38O3/c1-2-3-4-5-6-7-8-9-10-11-12-15-20-27-21-25(26)28-24-19-18-22-16-13-14-17-23(22)24/h13-14,16-17,19H,2-12,15,18,20-21H2,1H3. The molecule has 0 amide bonds. The lowest BCUT2D eigenvalue weighted by molar-refractivity contribution is -0.141. The smallest absolute Gasteiger partial charge is 0.337 e. The van der Waals surface area contributed by atoms with Crippen LogP contribution in [0.5, 0.6) is 0 Å². The number of fused-ring (bicyclic) bond motifs is 1. The van der Waals surface area contributed by atoms with Crippen molar-refractivity contribution in [2.24, 2.45) is 0 Å². The molecule has 1 aromatic carbocycles. The first kappa shape index (κ1) is 22.7. The zero-order valence-electron chi connectivity index (χ0n) is 17.7. The summed E-state index contributed by atoms with van der Waals surface area (Å²) in [4.78, 5) is 11.9. The van der Waals surface area contributed by atoms with Gasteiger partial charge in [0.15, 0.2) is 0 Å². The Bertz CT molecular complexity index is 591. The molecule has 0 radical (unpaired) electrons. The van der Waals surface area contributed by atoms with Gasteiger partial charge in [-0.15, -0.1) is 0 Å². The minimum Gasteiger partial charge on any atom is -0.425 e. The summed E-state index contributed by atoms with van der Waals surface area (Å²) in [5.41, 5.74) is 2.24. The molecule has 0 spiro atoms. The van der Waals surface area contributed by atoms with Crippen LogP contribution in [0.4, 0.5) is 0 Å². The van der Waals surface area contributed by atoms with Crippen LogP contribution in [0, 0.1) is 0 Å². The van der Waals surface area contributed by atoms with E-state index >= 15 is 0 Å². The highest BCUT2D eigenvalue weighted by molar-refractivity contribution is 5.81. The van der Waals surface area contributed by atoms with Crippen molar-refractivity contribution in [2.75, 3.05) is 13.2 Å². The van der Waals surface area contributed by atoms with E-state index in [0.29, 0.717) is 12.4 Å². The van der Waals surface area contributed by atoms with Gasteiger partial charge in [-0.3, -0.25) is 0 Å². The summed E-state index contributed by atoms with van der Waals surface area (Å²) in [6, 6.07) is 8.04. The number of hydrogen-bond acceptors (Lipinski definition) is 3. The Hall–Kier alpha value is -1.61. The number of carbonyl (C=O) groups is 1. The van der Waals surface area contributed by atoms with Gasteiger partial charge in [-0.1, -0.05) is 102 Å². The third-order valence-corrected chi connectivity index (χ3v) is 5.38. The Morgan fingerprint density at radius 3 is 2.14 bits per heavy atom. The summed E-state index contributed by atoms with van der Waals surface area (Å²) in [6.45, 7) is 2.95. The first-order chi connectivity index (χ1) is 13.8. The van der Waals surface area contributed by atoms with E-state index in [9.17, 15) is 4.79 Å². The molecule has 28 heavy (non-hydrogen) atoms. The molecule has 0 fully saturated rings. The highest BCUT2D eigenvalue weighted by atomic mass is 16.6. The second-order valence-electron chi connectivity index (χ2n) is 7.85. The van der Waals surface area contributed by atoms with E-state index in [-0.39, 0.29) is 12.6 Å². The van der Waals surface area contributed by atoms with E-state index < -0.39 is 0 Å². The van der Waals surface area contributed by atoms with Crippen LogP contribution in [0.15, 0.2) is 30.3 Å². The molecule has 3 heteroatoms. The molecule has 0 unspecified atom stereocenters. The Labute approximate surface area is 171 Å². The first-order valence-electron chi connectivity index (χ1n) is 11.4. The first-order valence-corrected chi connectivity index (χ1v) is 11.4. The normalized spacial score (nSPS) is 12.7. The van der Waals surface area contributed by atoms with Crippen molar-refractivity contribution in [1.29, 1.82) is 0 Å². The molecular weight excluding hydrogens is 348 g/mol. The largest absolute Gasteiger partial charge is 0.425 e. The van der Waals surface area contributed by atoms with Gasteiger partial charge in [-0.25, -0.2) is 4.79 Å². The van der Waals surface area contributed by atoms with Crippen molar-refractivity contribution in [3.63, 3.8) is 0 Å². The summed E-state index contributed by atoms with van der Waals surface area (Å²) in [5, 5.41) is 0. The van der Waals surface area contributed by atoms with Crippen molar-refractivity contribution in [1.82, 2.24) is 0 Å². The summed E-state index contributed by atoms with van der Waals surface area (Å²) in [5.74, 6) is 0.372. The van der Waals surface area contributed by atoms with E-state index in [2.05, 4.69) is 13.0 Å². The van der Waals surface area contributed by atoms with Gasteiger partial charge in [-0.05, 0) is 24.5 Å². The topological polar surface area (TPSA) is 35.5 Å². The number of allylic oxidation sites excluding steroid dienone is 1. The fourth-order valence-electron chi connectivity index (χ4n) is 3.70. The third-order valence-electron chi connectivity index (χ3n) is 5.38. The quantitative estimate of drug-likeness (QED) is 0.230. The number of ether oxygens (including phenoxy) is 2. The van der Waals surface area contributed by atoms with Gasteiger partial charge in [0.25, 0.3) is 0 Å². The number of rotatable bonds is 16. The maximum absolute atomic E-state index is 11.9. The molecule has 1 aliphatic rings. The van der Waals surface area contributed by atoms with Crippen LogP contribution >= 0.6 is 0 Å². The van der Waals surface area contributed by atoms with Gasteiger partial charge in [0.1, 0.15) is 12.4 Å². The minimum atomic E-state index is -0.304. The maximum Gasteiger partial charge on any atom is 0.337 e. The molecule has 0 N–H and O–H groups in total. The van der Waals surface area contributed by atoms with Crippen LogP contribution in [0.25, 0.3) is 5.76 Å². The lowest BCUT2D eigenvalue weighted by Crippen LogP contribution is -2.12. The van der Waals surface area contributed by atoms with Crippen molar-refractivity contribution in [3.05, 3.63) is 41.5 Å². The highest BCUT2D eigenvalue weighted by Crippen LogP contribution is 2.27. The SMILES string of the molecule is CCCCCCCCCCCCCCOCC(=O)OC1=CCc2ccccc21. The predicted octanol–water partition coefficient (Wildman–Crippen LogP) is 6.84. The van der Waals surface area contributed by atoms with Crippen molar-refractivity contribution in [3.8, 4) is 0 Å². The van der Waals surface area contributed by atoms with E-state index in [0.717, 1.165) is 18.4 Å². The van der Waals surface area contributed by atoms with E-state index in [1.165, 1.54) is 76.2 Å². The van der Waals surface area contributed by atoms with Crippen LogP contribution in [0.2, 0.25) is 0 Å².